The van der Waals surface area contributed by atoms with Crippen LogP contribution in [0.25, 0.3) is 11.4 Å². The van der Waals surface area contributed by atoms with Gasteiger partial charge in [-0.05, 0) is 33.5 Å². The Labute approximate surface area is 120 Å². The fraction of sp³-hybridized carbons (Fsp3) is 0.375. The van der Waals surface area contributed by atoms with Gasteiger partial charge in [-0.25, -0.2) is 9.97 Å². The summed E-state index contributed by atoms with van der Waals surface area (Å²) in [5, 5.41) is 3.06. The molecule has 0 aliphatic carbocycles. The molecular weight excluding hydrogens is 248 g/mol. The number of benzene rings is 1. The van der Waals surface area contributed by atoms with Crippen LogP contribution < -0.4 is 5.32 Å². The van der Waals surface area contributed by atoms with Gasteiger partial charge in [0.15, 0.2) is 5.82 Å². The maximum absolute atomic E-state index is 4.50. The summed E-state index contributed by atoms with van der Waals surface area (Å²) in [7, 11) is 6.04. The molecule has 0 unspecified atom stereocenters. The first-order valence-corrected chi connectivity index (χ1v) is 6.81. The summed E-state index contributed by atoms with van der Waals surface area (Å²) in [4.78, 5) is 11.2. The number of nitrogens with one attached hydrogen (secondary N) is 1. The summed E-state index contributed by atoms with van der Waals surface area (Å²) in [6.07, 6.45) is 0. The van der Waals surface area contributed by atoms with Crippen molar-refractivity contribution >= 4 is 5.82 Å². The highest BCUT2D eigenvalue weighted by molar-refractivity contribution is 5.58. The van der Waals surface area contributed by atoms with Crippen LogP contribution in [0.2, 0.25) is 0 Å². The van der Waals surface area contributed by atoms with E-state index in [1.54, 1.807) is 0 Å². The molecule has 1 heterocycles. The van der Waals surface area contributed by atoms with Gasteiger partial charge in [-0.3, -0.25) is 0 Å². The van der Waals surface area contributed by atoms with E-state index in [0.717, 1.165) is 22.9 Å². The first kappa shape index (κ1) is 14.5. The Morgan fingerprint density at radius 2 is 1.75 bits per heavy atom. The van der Waals surface area contributed by atoms with E-state index in [1.165, 1.54) is 5.56 Å². The van der Waals surface area contributed by atoms with Crippen LogP contribution in [0.15, 0.2) is 30.3 Å². The van der Waals surface area contributed by atoms with E-state index >= 15 is 0 Å². The zero-order chi connectivity index (χ0) is 14.7. The largest absolute Gasteiger partial charge is 0.373 e. The van der Waals surface area contributed by atoms with Crippen LogP contribution in [0.3, 0.4) is 0 Å². The van der Waals surface area contributed by atoms with Crippen LogP contribution in [0, 0.1) is 6.92 Å². The van der Waals surface area contributed by atoms with Crippen molar-refractivity contribution < 1.29 is 0 Å². The highest BCUT2D eigenvalue weighted by atomic mass is 15.1. The van der Waals surface area contributed by atoms with Crippen molar-refractivity contribution in [1.82, 2.24) is 14.9 Å². The lowest BCUT2D eigenvalue weighted by Crippen LogP contribution is -2.16. The molecule has 2 aromatic rings. The molecule has 0 aliphatic heterocycles. The molecule has 0 fully saturated rings. The number of hydrogen-bond acceptors (Lipinski definition) is 4. The Morgan fingerprint density at radius 3 is 2.30 bits per heavy atom. The normalized spacial score (nSPS) is 12.5. The monoisotopic (exact) mass is 270 g/mol. The van der Waals surface area contributed by atoms with Crippen molar-refractivity contribution in [2.75, 3.05) is 26.5 Å². The smallest absolute Gasteiger partial charge is 0.161 e. The lowest BCUT2D eigenvalue weighted by molar-refractivity contribution is 0.321. The average Bonchev–Trinajstić information content (AvgIpc) is 2.45. The van der Waals surface area contributed by atoms with E-state index in [4.69, 9.17) is 0 Å². The van der Waals surface area contributed by atoms with Crippen LogP contribution in [0.5, 0.6) is 0 Å². The number of anilines is 1. The second kappa shape index (κ2) is 6.01. The van der Waals surface area contributed by atoms with Gasteiger partial charge in [0.2, 0.25) is 0 Å². The summed E-state index contributed by atoms with van der Waals surface area (Å²) in [5.74, 6) is 1.61. The van der Waals surface area contributed by atoms with E-state index < -0.39 is 0 Å². The molecule has 1 N–H and O–H groups in total. The molecule has 0 amide bonds. The topological polar surface area (TPSA) is 41.1 Å². The van der Waals surface area contributed by atoms with Crippen LogP contribution in [0.1, 0.15) is 24.2 Å². The van der Waals surface area contributed by atoms with Gasteiger partial charge in [-0.2, -0.15) is 0 Å². The van der Waals surface area contributed by atoms with Gasteiger partial charge in [0.25, 0.3) is 0 Å². The summed E-state index contributed by atoms with van der Waals surface area (Å²) < 4.78 is 0. The molecule has 4 heteroatoms. The number of nitrogens with zero attached hydrogens (tertiary/aromatic N) is 3. The van der Waals surface area contributed by atoms with Crippen molar-refractivity contribution in [2.45, 2.75) is 19.9 Å². The molecule has 106 valence electrons. The van der Waals surface area contributed by atoms with Gasteiger partial charge >= 0.3 is 0 Å². The van der Waals surface area contributed by atoms with Crippen molar-refractivity contribution in [2.24, 2.45) is 0 Å². The molecule has 1 aromatic carbocycles. The van der Waals surface area contributed by atoms with Crippen molar-refractivity contribution in [3.8, 4) is 11.4 Å². The highest BCUT2D eigenvalue weighted by Gasteiger charge is 2.09. The maximum Gasteiger partial charge on any atom is 0.161 e. The number of aryl methyl sites for hydroxylation is 1. The molecule has 20 heavy (non-hydrogen) atoms. The number of aromatic nitrogens is 2. The lowest BCUT2D eigenvalue weighted by Gasteiger charge is -2.20. The molecule has 1 aromatic heterocycles. The molecule has 0 aliphatic rings. The van der Waals surface area contributed by atoms with Crippen molar-refractivity contribution in [3.63, 3.8) is 0 Å². The average molecular weight is 270 g/mol. The lowest BCUT2D eigenvalue weighted by atomic mass is 10.1. The van der Waals surface area contributed by atoms with Gasteiger partial charge in [0, 0.05) is 30.4 Å². The molecule has 0 radical (unpaired) electrons. The zero-order valence-electron chi connectivity index (χ0n) is 12.8. The fourth-order valence-corrected chi connectivity index (χ4v) is 2.03. The van der Waals surface area contributed by atoms with Crippen LogP contribution in [-0.4, -0.2) is 36.0 Å². The van der Waals surface area contributed by atoms with E-state index in [-0.39, 0.29) is 0 Å². The van der Waals surface area contributed by atoms with Gasteiger partial charge in [0.05, 0.1) is 0 Å². The van der Waals surface area contributed by atoms with Crippen molar-refractivity contribution in [1.29, 1.82) is 0 Å². The van der Waals surface area contributed by atoms with Crippen LogP contribution in [-0.2, 0) is 0 Å². The van der Waals surface area contributed by atoms with E-state index in [2.05, 4.69) is 65.5 Å². The first-order chi connectivity index (χ1) is 9.51. The second-order valence-electron chi connectivity index (χ2n) is 5.23. The molecule has 1 atom stereocenters. The van der Waals surface area contributed by atoms with Crippen molar-refractivity contribution in [3.05, 3.63) is 41.6 Å². The van der Waals surface area contributed by atoms with E-state index in [0.29, 0.717) is 6.04 Å². The molecule has 0 saturated heterocycles. The zero-order valence-corrected chi connectivity index (χ0v) is 12.8. The first-order valence-electron chi connectivity index (χ1n) is 6.81. The molecular formula is C16H22N4. The van der Waals surface area contributed by atoms with Gasteiger partial charge < -0.3 is 10.2 Å². The Bertz CT molecular complexity index is 576. The standard InChI is InChI=1S/C16H22N4/c1-11-10-15(17-3)19-16(18-11)14-8-6-13(7-9-14)12(2)20(4)5/h6-10,12H,1-5H3,(H,17,18,19)/t12-/m1/s1. The van der Waals surface area contributed by atoms with Gasteiger partial charge in [0.1, 0.15) is 5.82 Å². The third kappa shape index (κ3) is 3.14. The predicted molar refractivity (Wildman–Crippen MR) is 83.9 cm³/mol. The minimum atomic E-state index is 0.398. The summed E-state index contributed by atoms with van der Waals surface area (Å²) in [5.41, 5.74) is 3.30. The third-order valence-corrected chi connectivity index (χ3v) is 3.54. The second-order valence-corrected chi connectivity index (χ2v) is 5.23. The molecule has 4 nitrogen and oxygen atoms in total. The molecule has 0 bridgehead atoms. The SMILES string of the molecule is CNc1cc(C)nc(-c2ccc([C@@H](C)N(C)C)cc2)n1. The summed E-state index contributed by atoms with van der Waals surface area (Å²) in [6, 6.07) is 10.8. The van der Waals surface area contributed by atoms with Crippen LogP contribution >= 0.6 is 0 Å². The Balaban J connectivity index is 2.32. The Hall–Kier alpha value is -1.94. The summed E-state index contributed by atoms with van der Waals surface area (Å²) >= 11 is 0. The maximum atomic E-state index is 4.50. The summed E-state index contributed by atoms with van der Waals surface area (Å²) in [6.45, 7) is 4.17. The predicted octanol–water partition coefficient (Wildman–Crippen LogP) is 3.12. The minimum absolute atomic E-state index is 0.398. The molecule has 0 spiro atoms. The minimum Gasteiger partial charge on any atom is -0.373 e. The Kier molecular flexibility index (Phi) is 4.35. The van der Waals surface area contributed by atoms with E-state index in [1.807, 2.05) is 20.0 Å². The van der Waals surface area contributed by atoms with Crippen LogP contribution in [0.4, 0.5) is 5.82 Å². The third-order valence-electron chi connectivity index (χ3n) is 3.54. The van der Waals surface area contributed by atoms with Gasteiger partial charge in [-0.1, -0.05) is 24.3 Å². The number of rotatable bonds is 4. The molecule has 0 saturated carbocycles. The molecule has 2 rings (SSSR count). The fourth-order valence-electron chi connectivity index (χ4n) is 2.03. The van der Waals surface area contributed by atoms with Gasteiger partial charge in [-0.15, -0.1) is 0 Å². The Morgan fingerprint density at radius 1 is 1.10 bits per heavy atom. The number of hydrogen-bond donors (Lipinski definition) is 1. The highest BCUT2D eigenvalue weighted by Crippen LogP contribution is 2.22. The van der Waals surface area contributed by atoms with E-state index in [9.17, 15) is 0 Å². The quantitative estimate of drug-likeness (QED) is 0.926.